The van der Waals surface area contributed by atoms with E-state index in [0.29, 0.717) is 0 Å². The van der Waals surface area contributed by atoms with E-state index >= 15 is 0 Å². The maximum Gasteiger partial charge on any atom is 0.151 e. The van der Waals surface area contributed by atoms with Crippen LogP contribution in [0.1, 0.15) is 0 Å². The Morgan fingerprint density at radius 3 is 1.82 bits per heavy atom. The molecular formula is C5H9BrO5. The largest absolute Gasteiger partial charge is 0.387 e. The van der Waals surface area contributed by atoms with Crippen LogP contribution in [0.25, 0.3) is 0 Å². The summed E-state index contributed by atoms with van der Waals surface area (Å²) in [6.07, 6.45) is -4.88. The quantitative estimate of drug-likeness (QED) is 0.329. The van der Waals surface area contributed by atoms with Crippen LogP contribution in [-0.4, -0.2) is 50.0 Å². The van der Waals surface area contributed by atoms with Gasteiger partial charge < -0.3 is 25.2 Å². The van der Waals surface area contributed by atoms with Crippen LogP contribution < -0.4 is 0 Å². The van der Waals surface area contributed by atoms with Crippen molar-refractivity contribution in [3.63, 3.8) is 0 Å². The number of carbonyl (C=O) groups excluding carboxylic acids is 1. The van der Waals surface area contributed by atoms with Crippen LogP contribution in [0, 0.1) is 0 Å². The van der Waals surface area contributed by atoms with Gasteiger partial charge in [-0.05, 0) is 0 Å². The molecule has 0 amide bonds. The van der Waals surface area contributed by atoms with Crippen LogP contribution in [0.5, 0.6) is 0 Å². The molecule has 66 valence electrons. The normalized spacial score (nSPS) is 21.9. The third-order valence-electron chi connectivity index (χ3n) is 1.12. The topological polar surface area (TPSA) is 98.0 Å². The molecule has 1 unspecified atom stereocenters. The molecule has 0 aliphatic carbocycles. The lowest BCUT2D eigenvalue weighted by Crippen LogP contribution is -2.42. The second-order valence-electron chi connectivity index (χ2n) is 1.98. The number of aldehydes is 1. The van der Waals surface area contributed by atoms with Gasteiger partial charge in [0.1, 0.15) is 23.3 Å². The molecule has 11 heavy (non-hydrogen) atoms. The Balaban J connectivity index is 4.00. The number of halogens is 1. The zero-order valence-corrected chi connectivity index (χ0v) is 7.05. The highest BCUT2D eigenvalue weighted by molar-refractivity contribution is 9.09. The minimum atomic E-state index is -1.68. The maximum absolute atomic E-state index is 9.86. The van der Waals surface area contributed by atoms with Crippen molar-refractivity contribution in [2.24, 2.45) is 0 Å². The second kappa shape index (κ2) is 4.78. The van der Waals surface area contributed by atoms with E-state index in [0.717, 1.165) is 0 Å². The van der Waals surface area contributed by atoms with Gasteiger partial charge in [-0.3, -0.25) is 0 Å². The molecule has 0 saturated heterocycles. The molecule has 0 aromatic carbocycles. The Labute approximate surface area is 71.4 Å². The van der Waals surface area contributed by atoms with Crippen molar-refractivity contribution in [2.75, 3.05) is 0 Å². The zero-order chi connectivity index (χ0) is 9.02. The minimum absolute atomic E-state index is 0.0727. The van der Waals surface area contributed by atoms with Crippen molar-refractivity contribution < 1.29 is 25.2 Å². The van der Waals surface area contributed by atoms with Crippen LogP contribution in [0.3, 0.4) is 0 Å². The van der Waals surface area contributed by atoms with Crippen molar-refractivity contribution in [3.8, 4) is 0 Å². The number of carbonyl (C=O) groups is 1. The van der Waals surface area contributed by atoms with Crippen molar-refractivity contribution in [1.82, 2.24) is 0 Å². The molecule has 0 aromatic rings. The highest BCUT2D eigenvalue weighted by atomic mass is 79.9. The summed E-state index contributed by atoms with van der Waals surface area (Å²) < 4.78 is 0. The summed E-state index contributed by atoms with van der Waals surface area (Å²) in [4.78, 5) is 9.86. The molecule has 0 heterocycles. The molecule has 4 atom stereocenters. The smallest absolute Gasteiger partial charge is 0.151 e. The molecule has 0 aromatic heterocycles. The number of hydrogen-bond donors (Lipinski definition) is 4. The average Bonchev–Trinajstić information content (AvgIpc) is 2.00. The molecule has 4 N–H and O–H groups in total. The SMILES string of the molecule is O=C[C@H](O)[C@H](O)[C@H](O)C(O)Br. The van der Waals surface area contributed by atoms with Crippen LogP contribution in [0.2, 0.25) is 0 Å². The molecule has 0 aliphatic heterocycles. The van der Waals surface area contributed by atoms with Gasteiger partial charge in [0.25, 0.3) is 0 Å². The highest BCUT2D eigenvalue weighted by Crippen LogP contribution is 2.08. The molecule has 5 nitrogen and oxygen atoms in total. The van der Waals surface area contributed by atoms with Crippen molar-refractivity contribution >= 4 is 22.2 Å². The summed E-state index contributed by atoms with van der Waals surface area (Å²) in [5.41, 5.74) is 0. The van der Waals surface area contributed by atoms with Gasteiger partial charge in [-0.2, -0.15) is 0 Å². The van der Waals surface area contributed by atoms with Crippen molar-refractivity contribution in [3.05, 3.63) is 0 Å². The Kier molecular flexibility index (Phi) is 4.78. The molecule has 6 heteroatoms. The van der Waals surface area contributed by atoms with Gasteiger partial charge >= 0.3 is 0 Å². The fraction of sp³-hybridized carbons (Fsp3) is 0.800. The summed E-state index contributed by atoms with van der Waals surface area (Å²) in [5, 5.41) is 33.5. The van der Waals surface area contributed by atoms with Gasteiger partial charge in [0.05, 0.1) is 0 Å². The van der Waals surface area contributed by atoms with E-state index in [9.17, 15) is 4.79 Å². The van der Waals surface area contributed by atoms with E-state index in [4.69, 9.17) is 20.4 Å². The van der Waals surface area contributed by atoms with Crippen LogP contribution in [-0.2, 0) is 4.79 Å². The summed E-state index contributed by atoms with van der Waals surface area (Å²) in [6, 6.07) is 0. The van der Waals surface area contributed by atoms with Crippen LogP contribution >= 0.6 is 15.9 Å². The highest BCUT2D eigenvalue weighted by Gasteiger charge is 2.28. The third-order valence-corrected chi connectivity index (χ3v) is 1.66. The van der Waals surface area contributed by atoms with E-state index in [-0.39, 0.29) is 6.29 Å². The second-order valence-corrected chi connectivity index (χ2v) is 2.92. The third kappa shape index (κ3) is 3.26. The Morgan fingerprint density at radius 1 is 1.09 bits per heavy atom. The lowest BCUT2D eigenvalue weighted by atomic mass is 10.1. The standard InChI is InChI=1S/C5H9BrO5/c6-5(11)4(10)3(9)2(8)1-7/h1-5,8-11H/t2-,3-,4-,5?/m0/s1. The van der Waals surface area contributed by atoms with Crippen molar-refractivity contribution in [1.29, 1.82) is 0 Å². The summed E-state index contributed by atoms with van der Waals surface area (Å²) in [6.45, 7) is 0. The molecule has 0 aliphatic rings. The fourth-order valence-electron chi connectivity index (χ4n) is 0.445. The minimum Gasteiger partial charge on any atom is -0.387 e. The van der Waals surface area contributed by atoms with E-state index < -0.39 is 23.3 Å². The monoisotopic (exact) mass is 228 g/mol. The predicted octanol–water partition coefficient (Wildman–Crippen LogP) is -2.02. The molecule has 0 spiro atoms. The Hall–Kier alpha value is -0.01000. The number of rotatable bonds is 4. The van der Waals surface area contributed by atoms with Crippen molar-refractivity contribution in [2.45, 2.75) is 23.3 Å². The van der Waals surface area contributed by atoms with E-state index in [1.165, 1.54) is 0 Å². The summed E-state index contributed by atoms with van der Waals surface area (Å²) in [7, 11) is 0. The number of alkyl halides is 1. The molecule has 0 saturated carbocycles. The Bertz CT molecular complexity index is 128. The first-order chi connectivity index (χ1) is 5.00. The van der Waals surface area contributed by atoms with E-state index in [2.05, 4.69) is 15.9 Å². The van der Waals surface area contributed by atoms with Gasteiger partial charge in [-0.15, -0.1) is 0 Å². The van der Waals surface area contributed by atoms with E-state index in [1.807, 2.05) is 0 Å². The van der Waals surface area contributed by atoms with E-state index in [1.54, 1.807) is 0 Å². The molecule has 0 radical (unpaired) electrons. The molecule has 0 bridgehead atoms. The van der Waals surface area contributed by atoms with Crippen LogP contribution in [0.15, 0.2) is 0 Å². The Morgan fingerprint density at radius 2 is 1.55 bits per heavy atom. The molecule has 0 rings (SSSR count). The lowest BCUT2D eigenvalue weighted by Gasteiger charge is -2.20. The number of hydrogen-bond acceptors (Lipinski definition) is 5. The fourth-order valence-corrected chi connectivity index (χ4v) is 0.758. The van der Waals surface area contributed by atoms with Crippen LogP contribution in [0.4, 0.5) is 0 Å². The predicted molar refractivity (Wildman–Crippen MR) is 39.0 cm³/mol. The van der Waals surface area contributed by atoms with Gasteiger partial charge in [-0.25, -0.2) is 0 Å². The first kappa shape index (κ1) is 11.0. The summed E-state index contributed by atoms with van der Waals surface area (Å²) >= 11 is 2.56. The lowest BCUT2D eigenvalue weighted by molar-refractivity contribution is -0.128. The van der Waals surface area contributed by atoms with Gasteiger partial charge in [0.2, 0.25) is 0 Å². The molecule has 0 fully saturated rings. The van der Waals surface area contributed by atoms with Gasteiger partial charge in [0.15, 0.2) is 6.29 Å². The first-order valence-corrected chi connectivity index (χ1v) is 3.74. The average molecular weight is 229 g/mol. The van der Waals surface area contributed by atoms with Gasteiger partial charge in [-0.1, -0.05) is 15.9 Å². The zero-order valence-electron chi connectivity index (χ0n) is 5.46. The molecular weight excluding hydrogens is 220 g/mol. The number of aliphatic hydroxyl groups excluding tert-OH is 4. The summed E-state index contributed by atoms with van der Waals surface area (Å²) in [5.74, 6) is 0. The first-order valence-electron chi connectivity index (χ1n) is 2.82. The maximum atomic E-state index is 9.86. The van der Waals surface area contributed by atoms with Gasteiger partial charge in [0, 0.05) is 0 Å². The number of aliphatic hydroxyl groups is 4.